The standard InChI is InChI=1S/C6H14N2O2.C6H12O6.C4H9NO3/c7-4-2-1-3-5(8)6(9)10;7-1-3(9)5(11)6(12)4(10)2-8;1-2(6)3(5)4(7)8/h5H,1-4,7-8H2,(H,9,10);1,3-6,8-12H,2H2;2-3,6H,5H2,1H3,(H,7,8)/t;3-,4+,5+,6+;/m.0./s1. The minimum Gasteiger partial charge on any atom is -0.480 e. The van der Waals surface area contributed by atoms with Crippen LogP contribution in [-0.2, 0) is 14.4 Å². The summed E-state index contributed by atoms with van der Waals surface area (Å²) in [6.45, 7) is 1.18. The largest absolute Gasteiger partial charge is 0.480 e. The van der Waals surface area contributed by atoms with Crippen LogP contribution in [0.3, 0.4) is 0 Å². The monoisotopic (exact) mass is 445 g/mol. The summed E-state index contributed by atoms with van der Waals surface area (Å²) in [5.74, 6) is -2.11. The molecular formula is C16H35N3O11. The fourth-order valence-electron chi connectivity index (χ4n) is 1.46. The Morgan fingerprint density at radius 2 is 1.43 bits per heavy atom. The summed E-state index contributed by atoms with van der Waals surface area (Å²) in [5, 5.41) is 68.4. The van der Waals surface area contributed by atoms with E-state index in [9.17, 15) is 14.4 Å². The predicted molar refractivity (Wildman–Crippen MR) is 103 cm³/mol. The number of nitrogens with two attached hydrogens (primary N) is 3. The SMILES string of the molecule is CC(O)C(N)C(=O)O.NCCCCC(N)C(=O)O.O=C[C@H](O)[C@@H](O)[C@H](O)[C@H](O)CO. The molecule has 14 nitrogen and oxygen atoms in total. The van der Waals surface area contributed by atoms with Crippen molar-refractivity contribution in [3.05, 3.63) is 0 Å². The van der Waals surface area contributed by atoms with Gasteiger partial charge in [0.2, 0.25) is 0 Å². The maximum absolute atomic E-state index is 10.1. The van der Waals surface area contributed by atoms with Gasteiger partial charge in [0.05, 0.1) is 12.7 Å². The maximum atomic E-state index is 10.1. The molecule has 0 heterocycles. The van der Waals surface area contributed by atoms with Crippen molar-refractivity contribution >= 4 is 18.2 Å². The van der Waals surface area contributed by atoms with Crippen LogP contribution in [0.25, 0.3) is 0 Å². The molecule has 0 aliphatic carbocycles. The molecule has 3 unspecified atom stereocenters. The summed E-state index contributed by atoms with van der Waals surface area (Å²) in [5.41, 5.74) is 15.3. The molecule has 14 N–H and O–H groups in total. The van der Waals surface area contributed by atoms with E-state index in [1.165, 1.54) is 6.92 Å². The molecule has 0 amide bonds. The number of aldehydes is 1. The van der Waals surface area contributed by atoms with Crippen LogP contribution < -0.4 is 17.2 Å². The Morgan fingerprint density at radius 3 is 1.70 bits per heavy atom. The number of carboxylic acid groups (broad SMARTS) is 2. The van der Waals surface area contributed by atoms with Gasteiger partial charge in [0.25, 0.3) is 0 Å². The van der Waals surface area contributed by atoms with Crippen molar-refractivity contribution in [3.63, 3.8) is 0 Å². The molecule has 0 bridgehead atoms. The lowest BCUT2D eigenvalue weighted by Crippen LogP contribution is -2.46. The highest BCUT2D eigenvalue weighted by Crippen LogP contribution is 2.03. The second-order valence-electron chi connectivity index (χ2n) is 6.19. The van der Waals surface area contributed by atoms with Crippen LogP contribution in [-0.4, -0.2) is 115 Å². The van der Waals surface area contributed by atoms with Gasteiger partial charge in [-0.3, -0.25) is 9.59 Å². The van der Waals surface area contributed by atoms with Crippen molar-refractivity contribution in [2.45, 2.75) is 68.8 Å². The number of hydrogen-bond donors (Lipinski definition) is 11. The zero-order valence-corrected chi connectivity index (χ0v) is 16.7. The van der Waals surface area contributed by atoms with Crippen molar-refractivity contribution in [2.24, 2.45) is 17.2 Å². The molecule has 14 heteroatoms. The van der Waals surface area contributed by atoms with E-state index in [1.807, 2.05) is 0 Å². The molecular weight excluding hydrogens is 410 g/mol. The first-order valence-corrected chi connectivity index (χ1v) is 8.91. The Kier molecular flexibility index (Phi) is 21.1. The van der Waals surface area contributed by atoms with Crippen molar-refractivity contribution in [1.29, 1.82) is 0 Å². The van der Waals surface area contributed by atoms with E-state index >= 15 is 0 Å². The molecule has 0 saturated carbocycles. The van der Waals surface area contributed by atoms with Crippen LogP contribution in [0.5, 0.6) is 0 Å². The van der Waals surface area contributed by atoms with Crippen LogP contribution >= 0.6 is 0 Å². The van der Waals surface area contributed by atoms with Gasteiger partial charge >= 0.3 is 11.9 Å². The lowest BCUT2D eigenvalue weighted by Gasteiger charge is -2.22. The number of aliphatic hydroxyl groups is 6. The Bertz CT molecular complexity index is 468. The molecule has 30 heavy (non-hydrogen) atoms. The summed E-state index contributed by atoms with van der Waals surface area (Å²) in [6.07, 6.45) is -5.65. The van der Waals surface area contributed by atoms with Crippen molar-refractivity contribution in [1.82, 2.24) is 0 Å². The third kappa shape index (κ3) is 17.1. The number of carboxylic acids is 2. The van der Waals surface area contributed by atoms with Gasteiger partial charge in [0.1, 0.15) is 36.5 Å². The number of hydrogen-bond acceptors (Lipinski definition) is 12. The molecule has 0 spiro atoms. The summed E-state index contributed by atoms with van der Waals surface area (Å²) in [7, 11) is 0. The maximum Gasteiger partial charge on any atom is 0.323 e. The van der Waals surface area contributed by atoms with Crippen LogP contribution in [0.4, 0.5) is 0 Å². The summed E-state index contributed by atoms with van der Waals surface area (Å²) in [6, 6.07) is -1.87. The van der Waals surface area contributed by atoms with Gasteiger partial charge < -0.3 is 62.8 Å². The van der Waals surface area contributed by atoms with Crippen LogP contribution in [0, 0.1) is 0 Å². The summed E-state index contributed by atoms with van der Waals surface area (Å²) >= 11 is 0. The van der Waals surface area contributed by atoms with Gasteiger partial charge in [-0.25, -0.2) is 0 Å². The van der Waals surface area contributed by atoms with Crippen LogP contribution in [0.15, 0.2) is 0 Å². The Morgan fingerprint density at radius 1 is 0.933 bits per heavy atom. The quantitative estimate of drug-likeness (QED) is 0.0989. The van der Waals surface area contributed by atoms with Crippen LogP contribution in [0.1, 0.15) is 26.2 Å². The number of carbonyl (C=O) groups is 3. The van der Waals surface area contributed by atoms with Gasteiger partial charge in [-0.1, -0.05) is 6.42 Å². The third-order valence-corrected chi connectivity index (χ3v) is 3.51. The summed E-state index contributed by atoms with van der Waals surface area (Å²) < 4.78 is 0. The zero-order chi connectivity index (χ0) is 24.4. The molecule has 0 aliphatic rings. The van der Waals surface area contributed by atoms with Crippen molar-refractivity contribution in [3.8, 4) is 0 Å². The number of aliphatic hydroxyl groups excluding tert-OH is 6. The first-order valence-electron chi connectivity index (χ1n) is 8.91. The number of carbonyl (C=O) groups excluding carboxylic acids is 1. The molecule has 0 aromatic rings. The fraction of sp³-hybridized carbons (Fsp3) is 0.812. The highest BCUT2D eigenvalue weighted by Gasteiger charge is 2.29. The van der Waals surface area contributed by atoms with Gasteiger partial charge in [-0.15, -0.1) is 0 Å². The van der Waals surface area contributed by atoms with E-state index in [0.717, 1.165) is 12.8 Å². The molecule has 0 saturated heterocycles. The minimum absolute atomic E-state index is 0.0258. The molecule has 7 atom stereocenters. The highest BCUT2D eigenvalue weighted by molar-refractivity contribution is 5.73. The molecule has 0 rings (SSSR count). The van der Waals surface area contributed by atoms with E-state index < -0.39 is 61.1 Å². The highest BCUT2D eigenvalue weighted by atomic mass is 16.4. The number of unbranched alkanes of at least 4 members (excludes halogenated alkanes) is 1. The Balaban J connectivity index is -0.000000372. The normalized spacial score (nSPS) is 17.4. The van der Waals surface area contributed by atoms with Gasteiger partial charge in [0, 0.05) is 0 Å². The average molecular weight is 445 g/mol. The Hall–Kier alpha value is -1.75. The topological polar surface area (TPSA) is 291 Å². The number of aliphatic carboxylic acids is 2. The second kappa shape index (κ2) is 19.2. The molecule has 0 radical (unpaired) electrons. The first kappa shape index (κ1) is 32.9. The number of rotatable bonds is 12. The van der Waals surface area contributed by atoms with E-state index in [-0.39, 0.29) is 6.29 Å². The van der Waals surface area contributed by atoms with Crippen LogP contribution in [0.2, 0.25) is 0 Å². The van der Waals surface area contributed by atoms with Gasteiger partial charge in [-0.2, -0.15) is 0 Å². The van der Waals surface area contributed by atoms with Crippen molar-refractivity contribution in [2.75, 3.05) is 13.2 Å². The lowest BCUT2D eigenvalue weighted by atomic mass is 10.0. The minimum atomic E-state index is -1.79. The predicted octanol–water partition coefficient (Wildman–Crippen LogP) is -5.07. The zero-order valence-electron chi connectivity index (χ0n) is 16.7. The van der Waals surface area contributed by atoms with E-state index in [1.54, 1.807) is 0 Å². The van der Waals surface area contributed by atoms with E-state index in [2.05, 4.69) is 0 Å². The Labute approximate surface area is 173 Å². The average Bonchev–Trinajstić information content (AvgIpc) is 2.71. The smallest absolute Gasteiger partial charge is 0.323 e. The second-order valence-corrected chi connectivity index (χ2v) is 6.19. The van der Waals surface area contributed by atoms with E-state index in [4.69, 9.17) is 58.1 Å². The van der Waals surface area contributed by atoms with Crippen molar-refractivity contribution < 1.29 is 55.2 Å². The van der Waals surface area contributed by atoms with Gasteiger partial charge in [0.15, 0.2) is 6.29 Å². The fourth-order valence-corrected chi connectivity index (χ4v) is 1.46. The summed E-state index contributed by atoms with van der Waals surface area (Å²) in [4.78, 5) is 29.9. The third-order valence-electron chi connectivity index (χ3n) is 3.51. The molecule has 0 aromatic carbocycles. The van der Waals surface area contributed by atoms with E-state index in [0.29, 0.717) is 13.0 Å². The molecule has 0 aromatic heterocycles. The lowest BCUT2D eigenvalue weighted by molar-refractivity contribution is -0.141. The first-order chi connectivity index (χ1) is 13.8. The molecule has 0 fully saturated rings. The molecule has 180 valence electrons. The van der Waals surface area contributed by atoms with Gasteiger partial charge in [-0.05, 0) is 26.3 Å². The molecule has 0 aliphatic heterocycles.